The van der Waals surface area contributed by atoms with Crippen LogP contribution in [0.1, 0.15) is 58.1 Å². The summed E-state index contributed by atoms with van der Waals surface area (Å²) in [5.74, 6) is 0. The molecule has 2 aromatic heterocycles. The standard InChI is InChI=1S/C39H40N6S/c1-38(2)29-14-7-9-16-31(29)44(5)33(38)20-18-26-12-11-13-27(19-21-34-39(3,4)30-15-8-10-17-32(30)45(34)6)35(26)41-37-43-42-36(46-37)28-22-24-40-25-23-28/h7-10,14-25H,11-13H2,1-6H3/p+1. The normalized spacial score (nSPS) is 20.3. The SMILES string of the molecule is CN1C(=CC=C2CCCC(C=CC3=[N+](C)c4ccccc4C3(C)C)=C2Nc2nnc(-c3ccncc3)s2)C(C)(C)c2ccccc21. The molecule has 0 unspecified atom stereocenters. The molecule has 46 heavy (non-hydrogen) atoms. The van der Waals surface area contributed by atoms with Gasteiger partial charge in [0.15, 0.2) is 5.71 Å². The predicted octanol–water partition coefficient (Wildman–Crippen LogP) is 8.95. The average Bonchev–Trinajstić information content (AvgIpc) is 3.67. The molecular weight excluding hydrogens is 585 g/mol. The number of benzene rings is 2. The van der Waals surface area contributed by atoms with Gasteiger partial charge in [-0.25, -0.2) is 0 Å². The minimum Gasteiger partial charge on any atom is -0.347 e. The van der Waals surface area contributed by atoms with Crippen molar-refractivity contribution < 1.29 is 4.58 Å². The second-order valence-corrected chi connectivity index (χ2v) is 14.4. The van der Waals surface area contributed by atoms with Crippen molar-refractivity contribution in [3.63, 3.8) is 0 Å². The molecule has 232 valence electrons. The van der Waals surface area contributed by atoms with Gasteiger partial charge < -0.3 is 10.2 Å². The van der Waals surface area contributed by atoms with E-state index in [0.29, 0.717) is 0 Å². The maximum absolute atomic E-state index is 4.57. The Morgan fingerprint density at radius 1 is 0.848 bits per heavy atom. The van der Waals surface area contributed by atoms with Crippen molar-refractivity contribution in [2.75, 3.05) is 24.3 Å². The fourth-order valence-electron chi connectivity index (χ4n) is 7.37. The van der Waals surface area contributed by atoms with Crippen molar-refractivity contribution >= 4 is 33.6 Å². The molecule has 3 aliphatic rings. The molecule has 0 bridgehead atoms. The molecule has 0 saturated heterocycles. The first-order chi connectivity index (χ1) is 22.2. The zero-order chi connectivity index (χ0) is 32.1. The van der Waals surface area contributed by atoms with E-state index in [-0.39, 0.29) is 10.8 Å². The smallest absolute Gasteiger partial charge is 0.210 e. The van der Waals surface area contributed by atoms with E-state index in [4.69, 9.17) is 0 Å². The Balaban J connectivity index is 1.29. The lowest BCUT2D eigenvalue weighted by molar-refractivity contribution is -0.401. The quantitative estimate of drug-likeness (QED) is 0.217. The summed E-state index contributed by atoms with van der Waals surface area (Å²) in [6, 6.07) is 21.4. The number of nitrogens with zero attached hydrogens (tertiary/aromatic N) is 5. The van der Waals surface area contributed by atoms with Crippen LogP contribution in [-0.2, 0) is 10.8 Å². The highest BCUT2D eigenvalue weighted by molar-refractivity contribution is 7.18. The zero-order valence-electron chi connectivity index (χ0n) is 27.5. The molecule has 4 heterocycles. The first-order valence-electron chi connectivity index (χ1n) is 16.0. The van der Waals surface area contributed by atoms with Gasteiger partial charge in [-0.15, -0.1) is 10.2 Å². The van der Waals surface area contributed by atoms with Gasteiger partial charge in [-0.1, -0.05) is 73.7 Å². The second kappa shape index (κ2) is 11.6. The van der Waals surface area contributed by atoms with E-state index < -0.39 is 0 Å². The number of aromatic nitrogens is 3. The van der Waals surface area contributed by atoms with E-state index in [1.807, 2.05) is 12.1 Å². The van der Waals surface area contributed by atoms with Crippen LogP contribution in [0.25, 0.3) is 10.6 Å². The van der Waals surface area contributed by atoms with Gasteiger partial charge in [-0.3, -0.25) is 4.98 Å². The largest absolute Gasteiger partial charge is 0.347 e. The number of anilines is 2. The number of allylic oxidation sites excluding steroid dienone is 7. The third-order valence-electron chi connectivity index (χ3n) is 9.88. The van der Waals surface area contributed by atoms with Crippen LogP contribution < -0.4 is 10.2 Å². The number of nitrogens with one attached hydrogen (secondary N) is 1. The highest BCUT2D eigenvalue weighted by Crippen LogP contribution is 2.47. The fraction of sp³-hybridized carbons (Fsp3) is 0.282. The molecule has 0 atom stereocenters. The lowest BCUT2D eigenvalue weighted by Gasteiger charge is -2.25. The van der Waals surface area contributed by atoms with Gasteiger partial charge in [0.25, 0.3) is 0 Å². The Labute approximate surface area is 276 Å². The zero-order valence-corrected chi connectivity index (χ0v) is 28.3. The summed E-state index contributed by atoms with van der Waals surface area (Å²) in [6.07, 6.45) is 16.0. The van der Waals surface area contributed by atoms with Crippen LogP contribution in [0.15, 0.2) is 120 Å². The van der Waals surface area contributed by atoms with Crippen molar-refractivity contribution in [1.82, 2.24) is 15.2 Å². The van der Waals surface area contributed by atoms with Crippen molar-refractivity contribution in [2.45, 2.75) is 57.8 Å². The summed E-state index contributed by atoms with van der Waals surface area (Å²) in [4.78, 5) is 6.50. The van der Waals surface area contributed by atoms with E-state index in [9.17, 15) is 0 Å². The summed E-state index contributed by atoms with van der Waals surface area (Å²) in [7, 11) is 4.36. The number of likely N-dealkylation sites (N-methyl/N-ethyl adjacent to an activating group) is 1. The molecule has 2 aromatic carbocycles. The Morgan fingerprint density at radius 2 is 1.59 bits per heavy atom. The number of fused-ring (bicyclic) bond motifs is 2. The molecule has 0 radical (unpaired) electrons. The Bertz CT molecular complexity index is 1970. The van der Waals surface area contributed by atoms with Crippen molar-refractivity contribution in [3.8, 4) is 10.6 Å². The van der Waals surface area contributed by atoms with Crippen LogP contribution in [0.5, 0.6) is 0 Å². The monoisotopic (exact) mass is 625 g/mol. The maximum atomic E-state index is 4.57. The molecule has 1 N–H and O–H groups in total. The van der Waals surface area contributed by atoms with E-state index in [1.54, 1.807) is 23.7 Å². The molecule has 1 aliphatic carbocycles. The highest BCUT2D eigenvalue weighted by Gasteiger charge is 2.42. The molecule has 7 heteroatoms. The van der Waals surface area contributed by atoms with Crippen LogP contribution >= 0.6 is 11.3 Å². The lowest BCUT2D eigenvalue weighted by atomic mass is 9.81. The summed E-state index contributed by atoms with van der Waals surface area (Å²) in [5, 5.41) is 14.5. The molecule has 0 amide bonds. The van der Waals surface area contributed by atoms with Crippen LogP contribution in [0.3, 0.4) is 0 Å². The lowest BCUT2D eigenvalue weighted by Crippen LogP contribution is -2.26. The van der Waals surface area contributed by atoms with Gasteiger partial charge in [-0.05, 0) is 74.1 Å². The van der Waals surface area contributed by atoms with E-state index >= 15 is 0 Å². The third kappa shape index (κ3) is 5.13. The summed E-state index contributed by atoms with van der Waals surface area (Å²) in [6.45, 7) is 9.28. The molecule has 2 aliphatic heterocycles. The summed E-state index contributed by atoms with van der Waals surface area (Å²) < 4.78 is 2.34. The molecule has 0 fully saturated rings. The number of rotatable bonds is 6. The van der Waals surface area contributed by atoms with Gasteiger partial charge in [0, 0.05) is 65.2 Å². The van der Waals surface area contributed by atoms with Crippen LogP contribution in [-0.4, -0.2) is 39.6 Å². The van der Waals surface area contributed by atoms with Crippen LogP contribution in [0, 0.1) is 0 Å². The van der Waals surface area contributed by atoms with E-state index in [0.717, 1.165) is 40.7 Å². The predicted molar refractivity (Wildman–Crippen MR) is 191 cm³/mol. The number of hydrogen-bond donors (Lipinski definition) is 1. The van der Waals surface area contributed by atoms with Crippen molar-refractivity contribution in [1.29, 1.82) is 0 Å². The molecule has 6 nitrogen and oxygen atoms in total. The number of pyridine rings is 1. The number of hydrogen-bond acceptors (Lipinski definition) is 6. The van der Waals surface area contributed by atoms with Crippen molar-refractivity contribution in [2.24, 2.45) is 0 Å². The molecular formula is C39H41N6S+. The van der Waals surface area contributed by atoms with Gasteiger partial charge in [-0.2, -0.15) is 4.58 Å². The van der Waals surface area contributed by atoms with E-state index in [1.165, 1.54) is 45.1 Å². The van der Waals surface area contributed by atoms with Gasteiger partial charge in [0.1, 0.15) is 12.1 Å². The average molecular weight is 626 g/mol. The minimum atomic E-state index is -0.0833. The topological polar surface area (TPSA) is 57.0 Å². The summed E-state index contributed by atoms with van der Waals surface area (Å²) in [5.41, 5.74) is 12.4. The van der Waals surface area contributed by atoms with Crippen LogP contribution in [0.2, 0.25) is 0 Å². The maximum Gasteiger partial charge on any atom is 0.210 e. The highest BCUT2D eigenvalue weighted by atomic mass is 32.1. The van der Waals surface area contributed by atoms with Gasteiger partial charge in [0.05, 0.1) is 5.41 Å². The summed E-state index contributed by atoms with van der Waals surface area (Å²) >= 11 is 1.57. The van der Waals surface area contributed by atoms with Crippen molar-refractivity contribution in [3.05, 3.63) is 131 Å². The Morgan fingerprint density at radius 3 is 2.35 bits per heavy atom. The molecule has 0 saturated carbocycles. The Hall–Kier alpha value is -4.62. The molecule has 0 spiro atoms. The molecule has 7 rings (SSSR count). The van der Waals surface area contributed by atoms with E-state index in [2.05, 4.69) is 145 Å². The number of para-hydroxylation sites is 2. The second-order valence-electron chi connectivity index (χ2n) is 13.4. The first-order valence-corrected chi connectivity index (χ1v) is 16.9. The minimum absolute atomic E-state index is 0.0833. The third-order valence-corrected chi connectivity index (χ3v) is 10.8. The first kappa shape index (κ1) is 30.1. The fourth-order valence-corrected chi connectivity index (χ4v) is 8.13. The molecule has 4 aromatic rings. The van der Waals surface area contributed by atoms with Gasteiger partial charge >= 0.3 is 0 Å². The van der Waals surface area contributed by atoms with Crippen LogP contribution in [0.4, 0.5) is 16.5 Å². The Kier molecular flexibility index (Phi) is 7.60. The van der Waals surface area contributed by atoms with Gasteiger partial charge in [0.2, 0.25) is 10.8 Å².